The first-order chi connectivity index (χ1) is 17.6. The summed E-state index contributed by atoms with van der Waals surface area (Å²) in [4.78, 5) is 3.49. The number of nitrogens with one attached hydrogen (secondary N) is 3. The van der Waals surface area contributed by atoms with Gasteiger partial charge < -0.3 is 10.3 Å². The number of aromatic amines is 2. The first-order valence-electron chi connectivity index (χ1n) is 12.2. The zero-order valence-electron chi connectivity index (χ0n) is 20.5. The van der Waals surface area contributed by atoms with Gasteiger partial charge in [-0.15, -0.1) is 0 Å². The molecule has 5 rings (SSSR count). The van der Waals surface area contributed by atoms with Crippen molar-refractivity contribution < 1.29 is 4.39 Å². The van der Waals surface area contributed by atoms with E-state index < -0.39 is 0 Å². The van der Waals surface area contributed by atoms with Crippen molar-refractivity contribution in [3.63, 3.8) is 0 Å². The van der Waals surface area contributed by atoms with Gasteiger partial charge in [-0.1, -0.05) is 68.1 Å². The Morgan fingerprint density at radius 3 is 2.61 bits per heavy atom. The summed E-state index contributed by atoms with van der Waals surface area (Å²) in [7, 11) is 0. The Morgan fingerprint density at radius 2 is 1.83 bits per heavy atom. The molecule has 0 aliphatic heterocycles. The van der Waals surface area contributed by atoms with Crippen LogP contribution in [-0.2, 0) is 0 Å². The van der Waals surface area contributed by atoms with Gasteiger partial charge in [0.2, 0.25) is 0 Å². The molecule has 0 atom stereocenters. The molecule has 36 heavy (non-hydrogen) atoms. The number of hydrogen-bond donors (Lipinski definition) is 3. The van der Waals surface area contributed by atoms with Crippen molar-refractivity contribution in [3.05, 3.63) is 108 Å². The van der Waals surface area contributed by atoms with E-state index in [-0.39, 0.29) is 5.82 Å². The van der Waals surface area contributed by atoms with E-state index in [0.29, 0.717) is 5.56 Å². The van der Waals surface area contributed by atoms with Gasteiger partial charge >= 0.3 is 0 Å². The Kier molecular flexibility index (Phi) is 6.65. The highest BCUT2D eigenvalue weighted by atomic mass is 19.1. The minimum atomic E-state index is -0.234. The molecule has 0 aliphatic carbocycles. The molecule has 0 bridgehead atoms. The fourth-order valence-corrected chi connectivity index (χ4v) is 4.58. The van der Waals surface area contributed by atoms with Crippen LogP contribution in [0.15, 0.2) is 97.1 Å². The molecule has 0 saturated heterocycles. The minimum absolute atomic E-state index is 0.234. The summed E-state index contributed by atoms with van der Waals surface area (Å²) in [5, 5.41) is 13.1. The van der Waals surface area contributed by atoms with Gasteiger partial charge in [-0.2, -0.15) is 5.10 Å². The Bertz CT molecular complexity index is 1620. The second kappa shape index (κ2) is 10.2. The van der Waals surface area contributed by atoms with Crippen LogP contribution in [0, 0.1) is 5.82 Å². The number of hydrogen-bond acceptors (Lipinski definition) is 2. The average molecular weight is 477 g/mol. The zero-order valence-corrected chi connectivity index (χ0v) is 20.5. The molecule has 2 aromatic heterocycles. The van der Waals surface area contributed by atoms with Gasteiger partial charge in [0.15, 0.2) is 0 Å². The molecule has 5 heteroatoms. The van der Waals surface area contributed by atoms with Crippen LogP contribution in [0.25, 0.3) is 49.9 Å². The van der Waals surface area contributed by atoms with Crippen molar-refractivity contribution in [2.24, 2.45) is 0 Å². The largest absolute Gasteiger partial charge is 0.353 e. The number of nitrogens with zero attached hydrogens (tertiary/aromatic N) is 1. The van der Waals surface area contributed by atoms with E-state index in [0.717, 1.165) is 68.6 Å². The number of benzene rings is 3. The van der Waals surface area contributed by atoms with Gasteiger partial charge in [-0.05, 0) is 66.1 Å². The Labute approximate surface area is 210 Å². The average Bonchev–Trinajstić information content (AvgIpc) is 3.53. The van der Waals surface area contributed by atoms with Gasteiger partial charge in [0.05, 0.1) is 11.2 Å². The smallest absolute Gasteiger partial charge is 0.131 e. The Hall–Kier alpha value is -4.22. The summed E-state index contributed by atoms with van der Waals surface area (Å²) >= 11 is 0. The topological polar surface area (TPSA) is 56.5 Å². The fourth-order valence-electron chi connectivity index (χ4n) is 4.58. The molecule has 3 N–H and O–H groups in total. The van der Waals surface area contributed by atoms with E-state index in [2.05, 4.69) is 70.4 Å². The molecule has 4 nitrogen and oxygen atoms in total. The summed E-state index contributed by atoms with van der Waals surface area (Å²) in [6.07, 6.45) is 6.17. The molecule has 0 amide bonds. The van der Waals surface area contributed by atoms with E-state index in [1.54, 1.807) is 6.07 Å². The number of rotatable bonds is 8. The second-order valence-electron chi connectivity index (χ2n) is 8.71. The quantitative estimate of drug-likeness (QED) is 0.202. The predicted octanol–water partition coefficient (Wildman–Crippen LogP) is 7.64. The third kappa shape index (κ3) is 4.41. The van der Waals surface area contributed by atoms with Crippen LogP contribution in [0.4, 0.5) is 4.39 Å². The summed E-state index contributed by atoms with van der Waals surface area (Å²) in [5.74, 6) is -0.234. The van der Waals surface area contributed by atoms with E-state index in [1.807, 2.05) is 43.3 Å². The first-order valence-corrected chi connectivity index (χ1v) is 12.2. The van der Waals surface area contributed by atoms with Crippen LogP contribution in [0.1, 0.15) is 19.4 Å². The molecular formula is C31H29FN4. The molecule has 0 fully saturated rings. The first kappa shape index (κ1) is 23.5. The molecule has 0 aliphatic rings. The van der Waals surface area contributed by atoms with Crippen molar-refractivity contribution in [3.8, 4) is 22.5 Å². The van der Waals surface area contributed by atoms with Crippen LogP contribution in [0.2, 0.25) is 0 Å². The van der Waals surface area contributed by atoms with E-state index in [9.17, 15) is 4.39 Å². The van der Waals surface area contributed by atoms with Crippen LogP contribution in [0.5, 0.6) is 0 Å². The molecule has 5 aromatic rings. The number of likely N-dealkylation sites (N-methyl/N-ethyl adjacent to an activating group) is 1. The Balaban J connectivity index is 1.59. The summed E-state index contributed by atoms with van der Waals surface area (Å²) in [6.45, 7) is 9.78. The summed E-state index contributed by atoms with van der Waals surface area (Å²) < 4.78 is 14.6. The molecule has 0 saturated carbocycles. The minimum Gasteiger partial charge on any atom is -0.353 e. The van der Waals surface area contributed by atoms with Gasteiger partial charge in [0.25, 0.3) is 0 Å². The summed E-state index contributed by atoms with van der Waals surface area (Å²) in [6, 6.07) is 21.2. The number of fused-ring (bicyclic) bond motifs is 2. The van der Waals surface area contributed by atoms with Crippen LogP contribution < -0.4 is 5.32 Å². The SMILES string of the molecule is C=C/C(=C\C(=C/C)c1ccc2[nH]nc(-c3cc4c(-c5ccccc5F)cccc4[nH]3)c2c1)CNCC. The maximum absolute atomic E-state index is 14.6. The number of allylic oxidation sites excluding steroid dienone is 3. The maximum atomic E-state index is 14.6. The van der Waals surface area contributed by atoms with Gasteiger partial charge in [0, 0.05) is 28.4 Å². The standard InChI is InChI=1S/C31H29FN4/c1-4-20(19-33-6-3)16-21(5-2)22-14-15-29-26(17-22)31(36-35-29)30-18-25-23(11-9-13-28(25)34-30)24-10-7-8-12-27(24)32/h4-5,7-18,33-34H,1,6,19H2,2-3H3,(H,35,36)/b20-16+,21-5+. The lowest BCUT2D eigenvalue weighted by molar-refractivity contribution is 0.631. The fraction of sp³-hybridized carbons (Fsp3) is 0.129. The highest BCUT2D eigenvalue weighted by Crippen LogP contribution is 2.35. The third-order valence-electron chi connectivity index (χ3n) is 6.47. The second-order valence-corrected chi connectivity index (χ2v) is 8.71. The third-order valence-corrected chi connectivity index (χ3v) is 6.47. The molecule has 3 aromatic carbocycles. The number of H-pyrrole nitrogens is 2. The molecular weight excluding hydrogens is 447 g/mol. The van der Waals surface area contributed by atoms with Crippen molar-refractivity contribution in [1.82, 2.24) is 20.5 Å². The normalized spacial score (nSPS) is 12.5. The van der Waals surface area contributed by atoms with Crippen molar-refractivity contribution in [2.75, 3.05) is 13.1 Å². The highest BCUT2D eigenvalue weighted by Gasteiger charge is 2.15. The lowest BCUT2D eigenvalue weighted by atomic mass is 9.99. The number of halogens is 1. The molecule has 0 radical (unpaired) electrons. The van der Waals surface area contributed by atoms with Crippen molar-refractivity contribution in [1.29, 1.82) is 0 Å². The van der Waals surface area contributed by atoms with Crippen LogP contribution in [-0.4, -0.2) is 28.3 Å². The van der Waals surface area contributed by atoms with Gasteiger partial charge in [-0.3, -0.25) is 5.10 Å². The van der Waals surface area contributed by atoms with Crippen LogP contribution >= 0.6 is 0 Å². The molecule has 0 unspecified atom stereocenters. The van der Waals surface area contributed by atoms with E-state index >= 15 is 0 Å². The molecule has 180 valence electrons. The lowest BCUT2D eigenvalue weighted by Gasteiger charge is -2.07. The maximum Gasteiger partial charge on any atom is 0.131 e. The highest BCUT2D eigenvalue weighted by molar-refractivity contribution is 6.01. The summed E-state index contributed by atoms with van der Waals surface area (Å²) in [5.41, 5.74) is 8.41. The van der Waals surface area contributed by atoms with Crippen molar-refractivity contribution >= 4 is 27.4 Å². The van der Waals surface area contributed by atoms with Gasteiger partial charge in [0.1, 0.15) is 11.5 Å². The van der Waals surface area contributed by atoms with Crippen molar-refractivity contribution in [2.45, 2.75) is 13.8 Å². The predicted molar refractivity (Wildman–Crippen MR) is 149 cm³/mol. The molecule has 0 spiro atoms. The molecule has 2 heterocycles. The monoisotopic (exact) mass is 476 g/mol. The zero-order chi connectivity index (χ0) is 25.1. The Morgan fingerprint density at radius 1 is 1.00 bits per heavy atom. The number of aromatic nitrogens is 3. The van der Waals surface area contributed by atoms with E-state index in [1.165, 1.54) is 6.07 Å². The van der Waals surface area contributed by atoms with Crippen LogP contribution in [0.3, 0.4) is 0 Å². The lowest BCUT2D eigenvalue weighted by Crippen LogP contribution is -2.15. The van der Waals surface area contributed by atoms with Gasteiger partial charge in [-0.25, -0.2) is 4.39 Å². The van der Waals surface area contributed by atoms with E-state index in [4.69, 9.17) is 0 Å².